The Morgan fingerprint density at radius 2 is 1.80 bits per heavy atom. The first-order valence-electron chi connectivity index (χ1n) is 12.6. The summed E-state index contributed by atoms with van der Waals surface area (Å²) in [5.74, 6) is 0.830. The minimum atomic E-state index is -0.0455. The molecule has 35 heavy (non-hydrogen) atoms. The largest absolute Gasteiger partial charge is 0.475 e. The molecule has 0 spiro atoms. The van der Waals surface area contributed by atoms with Gasteiger partial charge in [-0.2, -0.15) is 0 Å². The van der Waals surface area contributed by atoms with Crippen LogP contribution in [-0.2, 0) is 20.0 Å². The van der Waals surface area contributed by atoms with E-state index in [4.69, 9.17) is 4.74 Å². The van der Waals surface area contributed by atoms with Gasteiger partial charge in [0.2, 0.25) is 0 Å². The Labute approximate surface area is 208 Å². The van der Waals surface area contributed by atoms with Crippen molar-refractivity contribution in [3.05, 3.63) is 107 Å². The van der Waals surface area contributed by atoms with Crippen molar-refractivity contribution in [3.63, 3.8) is 0 Å². The molecule has 4 rings (SSSR count). The zero-order chi connectivity index (χ0) is 24.5. The summed E-state index contributed by atoms with van der Waals surface area (Å²) >= 11 is 0. The van der Waals surface area contributed by atoms with Crippen molar-refractivity contribution in [1.82, 2.24) is 14.5 Å². The lowest BCUT2D eigenvalue weighted by Crippen LogP contribution is -2.40. The van der Waals surface area contributed by atoms with E-state index in [9.17, 15) is 4.79 Å². The van der Waals surface area contributed by atoms with Crippen LogP contribution in [0, 0.1) is 0 Å². The maximum Gasteiger partial charge on any atom is 0.250 e. The van der Waals surface area contributed by atoms with Crippen LogP contribution in [0.4, 0.5) is 0 Å². The predicted octanol–water partition coefficient (Wildman–Crippen LogP) is 5.96. The van der Waals surface area contributed by atoms with E-state index in [0.29, 0.717) is 0 Å². The van der Waals surface area contributed by atoms with E-state index in [1.54, 1.807) is 17.7 Å². The van der Waals surface area contributed by atoms with Crippen LogP contribution in [0.25, 0.3) is 10.9 Å². The average Bonchev–Trinajstić information content (AvgIpc) is 2.89. The van der Waals surface area contributed by atoms with Gasteiger partial charge >= 0.3 is 0 Å². The summed E-state index contributed by atoms with van der Waals surface area (Å²) in [6, 6.07) is 24.3. The SMILES string of the molecule is CCCCC(Oc1ccc2c(ccc(=O)n2C)c1)N(CCCc1ccccc1)Cc1cccnc1. The number of fused-ring (bicyclic) bond motifs is 1. The van der Waals surface area contributed by atoms with Crippen LogP contribution >= 0.6 is 0 Å². The van der Waals surface area contributed by atoms with E-state index in [1.807, 2.05) is 42.7 Å². The molecule has 182 valence electrons. The van der Waals surface area contributed by atoms with Crippen LogP contribution in [0.15, 0.2) is 90.0 Å². The molecule has 2 heterocycles. The summed E-state index contributed by atoms with van der Waals surface area (Å²) < 4.78 is 8.32. The number of pyridine rings is 2. The third-order valence-corrected chi connectivity index (χ3v) is 6.44. The van der Waals surface area contributed by atoms with Gasteiger partial charge in [-0.25, -0.2) is 0 Å². The van der Waals surface area contributed by atoms with E-state index < -0.39 is 0 Å². The molecule has 0 bridgehead atoms. The molecular formula is C30H35N3O2. The van der Waals surface area contributed by atoms with Crippen molar-refractivity contribution in [2.45, 2.75) is 51.8 Å². The smallest absolute Gasteiger partial charge is 0.250 e. The number of nitrogens with zero attached hydrogens (tertiary/aromatic N) is 3. The Kier molecular flexibility index (Phi) is 8.68. The second-order valence-corrected chi connectivity index (χ2v) is 9.09. The molecule has 0 aliphatic carbocycles. The molecule has 4 aromatic rings. The molecule has 0 saturated heterocycles. The molecule has 0 aliphatic rings. The Balaban J connectivity index is 1.56. The maximum atomic E-state index is 12.0. The van der Waals surface area contributed by atoms with Gasteiger partial charge in [-0.15, -0.1) is 0 Å². The lowest BCUT2D eigenvalue weighted by Gasteiger charge is -2.32. The van der Waals surface area contributed by atoms with Gasteiger partial charge in [0.1, 0.15) is 5.75 Å². The number of unbranched alkanes of at least 4 members (excludes halogenated alkanes) is 1. The van der Waals surface area contributed by atoms with Gasteiger partial charge in [-0.05, 0) is 67.1 Å². The minimum absolute atomic E-state index is 0.00643. The quantitative estimate of drug-likeness (QED) is 0.240. The van der Waals surface area contributed by atoms with E-state index in [1.165, 1.54) is 11.1 Å². The Hall–Kier alpha value is -3.44. The molecule has 1 unspecified atom stereocenters. The maximum absolute atomic E-state index is 12.0. The molecule has 5 heteroatoms. The standard InChI is InChI=1S/C30H35N3O2/c1-3-4-14-30(35-27-16-17-28-26(21-27)15-18-29(34)32(28)2)33(23-25-12-8-19-31-22-25)20-9-13-24-10-6-5-7-11-24/h5-8,10-12,15-19,21-22,30H,3-4,9,13-14,20,23H2,1-2H3. The molecular weight excluding hydrogens is 434 g/mol. The lowest BCUT2D eigenvalue weighted by molar-refractivity contribution is 0.0102. The fourth-order valence-corrected chi connectivity index (χ4v) is 4.47. The van der Waals surface area contributed by atoms with E-state index in [-0.39, 0.29) is 11.8 Å². The van der Waals surface area contributed by atoms with Gasteiger partial charge in [0.15, 0.2) is 6.23 Å². The van der Waals surface area contributed by atoms with Crippen LogP contribution in [0.1, 0.15) is 43.7 Å². The second kappa shape index (κ2) is 12.3. The molecule has 2 aromatic heterocycles. The number of hydrogen-bond donors (Lipinski definition) is 0. The Morgan fingerprint density at radius 1 is 0.971 bits per heavy atom. The molecule has 2 aromatic carbocycles. The minimum Gasteiger partial charge on any atom is -0.475 e. The van der Waals surface area contributed by atoms with Gasteiger partial charge < -0.3 is 9.30 Å². The lowest BCUT2D eigenvalue weighted by atomic mass is 10.1. The van der Waals surface area contributed by atoms with Crippen molar-refractivity contribution in [3.8, 4) is 5.75 Å². The van der Waals surface area contributed by atoms with Crippen molar-refractivity contribution in [2.24, 2.45) is 7.05 Å². The summed E-state index contributed by atoms with van der Waals surface area (Å²) in [6.45, 7) is 3.94. The van der Waals surface area contributed by atoms with E-state index in [2.05, 4.69) is 53.2 Å². The summed E-state index contributed by atoms with van der Waals surface area (Å²) in [5.41, 5.74) is 3.45. The number of rotatable bonds is 12. The Bertz CT molecular complexity index is 1260. The third-order valence-electron chi connectivity index (χ3n) is 6.44. The van der Waals surface area contributed by atoms with Crippen LogP contribution in [0.5, 0.6) is 5.75 Å². The fraction of sp³-hybridized carbons (Fsp3) is 0.333. The second-order valence-electron chi connectivity index (χ2n) is 9.09. The predicted molar refractivity (Wildman–Crippen MR) is 143 cm³/mol. The number of aryl methyl sites for hydroxylation is 2. The third kappa shape index (κ3) is 6.80. The number of aromatic nitrogens is 2. The normalized spacial score (nSPS) is 12.2. The topological polar surface area (TPSA) is 47.4 Å². The van der Waals surface area contributed by atoms with Crippen LogP contribution < -0.4 is 10.3 Å². The highest BCUT2D eigenvalue weighted by molar-refractivity contribution is 5.80. The van der Waals surface area contributed by atoms with Crippen LogP contribution in [0.2, 0.25) is 0 Å². The molecule has 0 N–H and O–H groups in total. The van der Waals surface area contributed by atoms with Gasteiger partial charge in [0.05, 0.1) is 5.52 Å². The summed E-state index contributed by atoms with van der Waals surface area (Å²) in [7, 11) is 1.80. The van der Waals surface area contributed by atoms with Crippen molar-refractivity contribution in [1.29, 1.82) is 0 Å². The molecule has 0 saturated carbocycles. The van der Waals surface area contributed by atoms with E-state index >= 15 is 0 Å². The first-order valence-corrected chi connectivity index (χ1v) is 12.6. The Morgan fingerprint density at radius 3 is 2.57 bits per heavy atom. The van der Waals surface area contributed by atoms with Gasteiger partial charge in [-0.1, -0.05) is 49.7 Å². The van der Waals surface area contributed by atoms with Crippen LogP contribution in [0.3, 0.4) is 0 Å². The molecule has 0 aliphatic heterocycles. The van der Waals surface area contributed by atoms with Gasteiger partial charge in [0, 0.05) is 44.0 Å². The van der Waals surface area contributed by atoms with Crippen molar-refractivity contribution >= 4 is 10.9 Å². The first-order chi connectivity index (χ1) is 17.1. The highest BCUT2D eigenvalue weighted by Crippen LogP contribution is 2.24. The van der Waals surface area contributed by atoms with Crippen molar-refractivity contribution in [2.75, 3.05) is 6.54 Å². The first kappa shape index (κ1) is 24.7. The molecule has 0 amide bonds. The zero-order valence-corrected chi connectivity index (χ0v) is 20.8. The van der Waals surface area contributed by atoms with E-state index in [0.717, 1.165) is 61.8 Å². The zero-order valence-electron chi connectivity index (χ0n) is 20.8. The molecule has 0 fully saturated rings. The molecule has 0 radical (unpaired) electrons. The number of ether oxygens (including phenoxy) is 1. The average molecular weight is 470 g/mol. The van der Waals surface area contributed by atoms with Crippen LogP contribution in [-0.4, -0.2) is 27.2 Å². The molecule has 5 nitrogen and oxygen atoms in total. The van der Waals surface area contributed by atoms with Gasteiger partial charge in [0.25, 0.3) is 5.56 Å². The summed E-state index contributed by atoms with van der Waals surface area (Å²) in [5, 5.41) is 1.00. The highest BCUT2D eigenvalue weighted by atomic mass is 16.5. The van der Waals surface area contributed by atoms with Crippen molar-refractivity contribution < 1.29 is 4.74 Å². The summed E-state index contributed by atoms with van der Waals surface area (Å²) in [6.07, 6.45) is 8.96. The summed E-state index contributed by atoms with van der Waals surface area (Å²) in [4.78, 5) is 18.8. The highest BCUT2D eigenvalue weighted by Gasteiger charge is 2.21. The molecule has 1 atom stereocenters. The van der Waals surface area contributed by atoms with Gasteiger partial charge in [-0.3, -0.25) is 14.7 Å². The number of hydrogen-bond acceptors (Lipinski definition) is 4. The monoisotopic (exact) mass is 469 g/mol. The number of benzene rings is 2. The fourth-order valence-electron chi connectivity index (χ4n) is 4.47.